The lowest BCUT2D eigenvalue weighted by Crippen LogP contribution is -2.36. The smallest absolute Gasteiger partial charge is 0.339 e. The van der Waals surface area contributed by atoms with Crippen molar-refractivity contribution in [3.63, 3.8) is 0 Å². The van der Waals surface area contributed by atoms with Crippen LogP contribution in [0.5, 0.6) is 0 Å². The van der Waals surface area contributed by atoms with Crippen molar-refractivity contribution >= 4 is 11.7 Å². The highest BCUT2D eigenvalue weighted by atomic mass is 16.4. The number of hydrogen-bond donors (Lipinski definition) is 2. The van der Waals surface area contributed by atoms with Crippen LogP contribution in [0.3, 0.4) is 0 Å². The summed E-state index contributed by atoms with van der Waals surface area (Å²) in [5.74, 6) is -0.556. The van der Waals surface area contributed by atoms with Crippen molar-refractivity contribution in [3.8, 4) is 0 Å². The van der Waals surface area contributed by atoms with Gasteiger partial charge in [-0.05, 0) is 33.0 Å². The second kappa shape index (κ2) is 6.52. The van der Waals surface area contributed by atoms with Crippen molar-refractivity contribution in [1.29, 1.82) is 0 Å². The van der Waals surface area contributed by atoms with Crippen molar-refractivity contribution < 1.29 is 9.90 Å². The van der Waals surface area contributed by atoms with Gasteiger partial charge < -0.3 is 15.3 Å². The van der Waals surface area contributed by atoms with Gasteiger partial charge in [0, 0.05) is 24.5 Å². The molecule has 1 aromatic heterocycles. The maximum absolute atomic E-state index is 11.2. The zero-order valence-corrected chi connectivity index (χ0v) is 12.3. The molecule has 1 heterocycles. The Kier molecular flexibility index (Phi) is 5.30. The van der Waals surface area contributed by atoms with Gasteiger partial charge in [-0.25, -0.2) is 4.79 Å². The molecule has 5 heteroatoms. The number of carbonyl (C=O) groups is 1. The molecular formula is C14H23N3O2. The fourth-order valence-corrected chi connectivity index (χ4v) is 1.87. The van der Waals surface area contributed by atoms with E-state index in [9.17, 15) is 9.90 Å². The first kappa shape index (κ1) is 15.4. The standard InChI is InChI=1S/C14H23N3O2/c1-9(2)13(8-17(4)5)16-12-6-10(3)15-7-11(12)14(18)19/h6-7,9,13H,8H2,1-5H3,(H,15,16)(H,18,19). The number of anilines is 1. The molecule has 19 heavy (non-hydrogen) atoms. The predicted molar refractivity (Wildman–Crippen MR) is 76.7 cm³/mol. The number of nitrogens with zero attached hydrogens (tertiary/aromatic N) is 2. The van der Waals surface area contributed by atoms with E-state index < -0.39 is 5.97 Å². The predicted octanol–water partition coefficient (Wildman–Crippen LogP) is 2.09. The largest absolute Gasteiger partial charge is 0.478 e. The number of aromatic carboxylic acids is 1. The number of aromatic nitrogens is 1. The lowest BCUT2D eigenvalue weighted by atomic mass is 10.0. The van der Waals surface area contributed by atoms with Crippen LogP contribution in [0.2, 0.25) is 0 Å². The molecular weight excluding hydrogens is 242 g/mol. The van der Waals surface area contributed by atoms with Gasteiger partial charge in [0.05, 0.1) is 5.69 Å². The van der Waals surface area contributed by atoms with Crippen LogP contribution in [0.15, 0.2) is 12.3 Å². The molecule has 0 radical (unpaired) electrons. The van der Waals surface area contributed by atoms with Crippen molar-refractivity contribution in [2.24, 2.45) is 5.92 Å². The molecule has 0 amide bonds. The van der Waals surface area contributed by atoms with Gasteiger partial charge in [0.25, 0.3) is 0 Å². The summed E-state index contributed by atoms with van der Waals surface area (Å²) in [6.07, 6.45) is 1.41. The van der Waals surface area contributed by atoms with Crippen molar-refractivity contribution in [1.82, 2.24) is 9.88 Å². The summed E-state index contributed by atoms with van der Waals surface area (Å²) in [5.41, 5.74) is 1.66. The van der Waals surface area contributed by atoms with E-state index in [4.69, 9.17) is 0 Å². The molecule has 0 aliphatic rings. The van der Waals surface area contributed by atoms with Gasteiger partial charge in [0.1, 0.15) is 5.56 Å². The molecule has 1 atom stereocenters. The average molecular weight is 265 g/mol. The van der Waals surface area contributed by atoms with Crippen molar-refractivity contribution in [3.05, 3.63) is 23.5 Å². The fourth-order valence-electron chi connectivity index (χ4n) is 1.87. The summed E-state index contributed by atoms with van der Waals surface area (Å²) in [6, 6.07) is 1.98. The maximum Gasteiger partial charge on any atom is 0.339 e. The Morgan fingerprint density at radius 1 is 1.47 bits per heavy atom. The Hall–Kier alpha value is -1.62. The third-order valence-corrected chi connectivity index (χ3v) is 2.98. The summed E-state index contributed by atoms with van der Waals surface area (Å²) < 4.78 is 0. The summed E-state index contributed by atoms with van der Waals surface area (Å²) in [5, 5.41) is 12.5. The zero-order chi connectivity index (χ0) is 14.6. The van der Waals surface area contributed by atoms with Gasteiger partial charge in [-0.1, -0.05) is 13.8 Å². The molecule has 0 bridgehead atoms. The van der Waals surface area contributed by atoms with Crippen LogP contribution in [0, 0.1) is 12.8 Å². The van der Waals surface area contributed by atoms with E-state index in [1.807, 2.05) is 21.0 Å². The minimum Gasteiger partial charge on any atom is -0.478 e. The average Bonchev–Trinajstić information content (AvgIpc) is 2.26. The van der Waals surface area contributed by atoms with Gasteiger partial charge in [-0.15, -0.1) is 0 Å². The van der Waals surface area contributed by atoms with Crippen LogP contribution >= 0.6 is 0 Å². The quantitative estimate of drug-likeness (QED) is 0.824. The molecule has 0 saturated carbocycles. The number of likely N-dealkylation sites (N-methyl/N-ethyl adjacent to an activating group) is 1. The van der Waals surface area contributed by atoms with Gasteiger partial charge in [0.2, 0.25) is 0 Å². The third kappa shape index (κ3) is 4.52. The number of carboxylic acid groups (broad SMARTS) is 1. The van der Waals surface area contributed by atoms with Gasteiger partial charge in [-0.2, -0.15) is 0 Å². The first-order valence-electron chi connectivity index (χ1n) is 6.42. The first-order valence-corrected chi connectivity index (χ1v) is 6.42. The number of rotatable bonds is 6. The highest BCUT2D eigenvalue weighted by molar-refractivity contribution is 5.93. The van der Waals surface area contributed by atoms with E-state index in [1.165, 1.54) is 6.20 Å². The van der Waals surface area contributed by atoms with Crippen LogP contribution in [-0.2, 0) is 0 Å². The molecule has 1 aromatic rings. The highest BCUT2D eigenvalue weighted by Gasteiger charge is 2.18. The molecule has 0 saturated heterocycles. The molecule has 0 spiro atoms. The molecule has 2 N–H and O–H groups in total. The van der Waals surface area contributed by atoms with Crippen LogP contribution < -0.4 is 5.32 Å². The fraction of sp³-hybridized carbons (Fsp3) is 0.571. The molecule has 0 aromatic carbocycles. The minimum atomic E-state index is -0.956. The molecule has 5 nitrogen and oxygen atoms in total. The monoisotopic (exact) mass is 265 g/mol. The lowest BCUT2D eigenvalue weighted by Gasteiger charge is -2.27. The Bertz CT molecular complexity index is 444. The molecule has 0 aliphatic carbocycles. The van der Waals surface area contributed by atoms with E-state index in [2.05, 4.69) is 29.0 Å². The minimum absolute atomic E-state index is 0.190. The van der Waals surface area contributed by atoms with Crippen molar-refractivity contribution in [2.45, 2.75) is 26.8 Å². The van der Waals surface area contributed by atoms with Gasteiger partial charge >= 0.3 is 5.97 Å². The molecule has 106 valence electrons. The van der Waals surface area contributed by atoms with Gasteiger partial charge in [-0.3, -0.25) is 4.98 Å². The topological polar surface area (TPSA) is 65.5 Å². The Labute approximate surface area is 114 Å². The summed E-state index contributed by atoms with van der Waals surface area (Å²) in [7, 11) is 4.01. The van der Waals surface area contributed by atoms with E-state index in [0.29, 0.717) is 11.6 Å². The van der Waals surface area contributed by atoms with E-state index in [0.717, 1.165) is 12.2 Å². The number of nitrogens with one attached hydrogen (secondary N) is 1. The molecule has 1 unspecified atom stereocenters. The number of aryl methyl sites for hydroxylation is 1. The SMILES string of the molecule is Cc1cc(NC(CN(C)C)C(C)C)c(C(=O)O)cn1. The third-order valence-electron chi connectivity index (χ3n) is 2.98. The summed E-state index contributed by atoms with van der Waals surface area (Å²) in [6.45, 7) is 6.94. The summed E-state index contributed by atoms with van der Waals surface area (Å²) in [4.78, 5) is 17.3. The zero-order valence-electron chi connectivity index (χ0n) is 12.3. The lowest BCUT2D eigenvalue weighted by molar-refractivity contribution is 0.0697. The van der Waals surface area contributed by atoms with Crippen LogP contribution in [0.4, 0.5) is 5.69 Å². The maximum atomic E-state index is 11.2. The first-order chi connectivity index (χ1) is 8.81. The number of carboxylic acids is 1. The van der Waals surface area contributed by atoms with Crippen LogP contribution in [0.25, 0.3) is 0 Å². The normalized spacial score (nSPS) is 12.8. The second-order valence-electron chi connectivity index (χ2n) is 5.43. The van der Waals surface area contributed by atoms with Gasteiger partial charge in [0.15, 0.2) is 0 Å². The second-order valence-corrected chi connectivity index (χ2v) is 5.43. The molecule has 0 fully saturated rings. The van der Waals surface area contributed by atoms with E-state index in [1.54, 1.807) is 6.07 Å². The Morgan fingerprint density at radius 3 is 2.58 bits per heavy atom. The molecule has 0 aliphatic heterocycles. The Morgan fingerprint density at radius 2 is 2.11 bits per heavy atom. The van der Waals surface area contributed by atoms with E-state index >= 15 is 0 Å². The van der Waals surface area contributed by atoms with E-state index in [-0.39, 0.29) is 11.6 Å². The van der Waals surface area contributed by atoms with Crippen LogP contribution in [-0.4, -0.2) is 47.6 Å². The number of hydrogen-bond acceptors (Lipinski definition) is 4. The summed E-state index contributed by atoms with van der Waals surface area (Å²) >= 11 is 0. The highest BCUT2D eigenvalue weighted by Crippen LogP contribution is 2.19. The number of pyridine rings is 1. The van der Waals surface area contributed by atoms with Crippen LogP contribution in [0.1, 0.15) is 29.9 Å². The molecule has 1 rings (SSSR count). The Balaban J connectivity index is 3.01. The van der Waals surface area contributed by atoms with Crippen molar-refractivity contribution in [2.75, 3.05) is 26.0 Å².